The van der Waals surface area contributed by atoms with Gasteiger partial charge in [0.1, 0.15) is 5.82 Å². The van der Waals surface area contributed by atoms with Crippen LogP contribution in [0.4, 0.5) is 20.9 Å². The zero-order chi connectivity index (χ0) is 17.6. The number of hydrogen-bond acceptors (Lipinski definition) is 4. The summed E-state index contributed by atoms with van der Waals surface area (Å²) < 4.78 is 13.7. The molecule has 0 atom stereocenters. The number of aromatic nitrogens is 1. The fraction of sp³-hybridized carbons (Fsp3) is 0.150. The Morgan fingerprint density at radius 1 is 1.16 bits per heavy atom. The molecule has 0 amide bonds. The van der Waals surface area contributed by atoms with Crippen LogP contribution in [0.3, 0.4) is 0 Å². The highest BCUT2D eigenvalue weighted by Gasteiger charge is 2.07. The van der Waals surface area contributed by atoms with Gasteiger partial charge in [0, 0.05) is 23.2 Å². The number of nitrogens with zero attached hydrogens (tertiary/aromatic N) is 1. The molecule has 25 heavy (non-hydrogen) atoms. The Labute approximate surface area is 151 Å². The van der Waals surface area contributed by atoms with Gasteiger partial charge in [-0.05, 0) is 38.1 Å². The van der Waals surface area contributed by atoms with Crippen molar-refractivity contribution in [3.63, 3.8) is 0 Å². The summed E-state index contributed by atoms with van der Waals surface area (Å²) in [5, 5.41) is 9.04. The summed E-state index contributed by atoms with van der Waals surface area (Å²) in [6, 6.07) is 14.7. The Kier molecular flexibility index (Phi) is 5.46. The zero-order valence-corrected chi connectivity index (χ0v) is 15.0. The molecule has 0 radical (unpaired) electrons. The van der Waals surface area contributed by atoms with Gasteiger partial charge in [0.2, 0.25) is 0 Å². The number of anilines is 3. The van der Waals surface area contributed by atoms with Gasteiger partial charge in [-0.25, -0.2) is 9.37 Å². The van der Waals surface area contributed by atoms with Crippen LogP contribution in [0.25, 0.3) is 11.3 Å². The quantitative estimate of drug-likeness (QED) is 0.528. The SMILES string of the molecule is C/C=C(\C)CNc1ccc(-c2csc(Nc3ccccc3F)n2)cc1. The summed E-state index contributed by atoms with van der Waals surface area (Å²) >= 11 is 1.46. The van der Waals surface area contributed by atoms with E-state index in [2.05, 4.69) is 28.6 Å². The van der Waals surface area contributed by atoms with Crippen LogP contribution in [0, 0.1) is 5.82 Å². The van der Waals surface area contributed by atoms with Crippen LogP contribution in [0.15, 0.2) is 65.6 Å². The molecule has 1 heterocycles. The van der Waals surface area contributed by atoms with Crippen molar-refractivity contribution < 1.29 is 4.39 Å². The van der Waals surface area contributed by atoms with Crippen molar-refractivity contribution in [3.05, 3.63) is 71.4 Å². The molecule has 0 aliphatic carbocycles. The first-order chi connectivity index (χ1) is 12.2. The third-order valence-electron chi connectivity index (χ3n) is 3.86. The van der Waals surface area contributed by atoms with E-state index in [1.807, 2.05) is 36.6 Å². The predicted octanol–water partition coefficient (Wildman–Crippen LogP) is 6.07. The van der Waals surface area contributed by atoms with Crippen molar-refractivity contribution in [1.82, 2.24) is 4.98 Å². The average molecular weight is 353 g/mol. The van der Waals surface area contributed by atoms with E-state index in [1.54, 1.807) is 18.2 Å². The Bertz CT molecular complexity index is 869. The Morgan fingerprint density at radius 3 is 2.64 bits per heavy atom. The minimum absolute atomic E-state index is 0.286. The highest BCUT2D eigenvalue weighted by atomic mass is 32.1. The van der Waals surface area contributed by atoms with E-state index in [4.69, 9.17) is 0 Å². The molecule has 3 nitrogen and oxygen atoms in total. The maximum Gasteiger partial charge on any atom is 0.187 e. The van der Waals surface area contributed by atoms with Crippen LogP contribution >= 0.6 is 11.3 Å². The minimum atomic E-state index is -0.286. The van der Waals surface area contributed by atoms with E-state index in [0.29, 0.717) is 10.8 Å². The molecule has 128 valence electrons. The number of halogens is 1. The van der Waals surface area contributed by atoms with Crippen LogP contribution < -0.4 is 10.6 Å². The van der Waals surface area contributed by atoms with Gasteiger partial charge >= 0.3 is 0 Å². The van der Waals surface area contributed by atoms with Crippen LogP contribution in [0.5, 0.6) is 0 Å². The number of allylic oxidation sites excluding steroid dienone is 1. The molecule has 0 spiro atoms. The number of rotatable bonds is 6. The summed E-state index contributed by atoms with van der Waals surface area (Å²) in [4.78, 5) is 4.55. The second-order valence-corrected chi connectivity index (χ2v) is 6.57. The highest BCUT2D eigenvalue weighted by molar-refractivity contribution is 7.14. The third-order valence-corrected chi connectivity index (χ3v) is 4.62. The first kappa shape index (κ1) is 17.2. The molecule has 2 N–H and O–H groups in total. The van der Waals surface area contributed by atoms with Gasteiger partial charge in [-0.2, -0.15) is 0 Å². The van der Waals surface area contributed by atoms with Crippen molar-refractivity contribution in [1.29, 1.82) is 0 Å². The van der Waals surface area contributed by atoms with E-state index < -0.39 is 0 Å². The molecule has 0 saturated heterocycles. The molecular formula is C20H20FN3S. The monoisotopic (exact) mass is 353 g/mol. The first-order valence-electron chi connectivity index (χ1n) is 8.09. The summed E-state index contributed by atoms with van der Waals surface area (Å²) in [6.45, 7) is 4.97. The van der Waals surface area contributed by atoms with Gasteiger partial charge in [0.25, 0.3) is 0 Å². The average Bonchev–Trinajstić information content (AvgIpc) is 3.10. The van der Waals surface area contributed by atoms with E-state index in [1.165, 1.54) is 23.0 Å². The first-order valence-corrected chi connectivity index (χ1v) is 8.97. The number of nitrogens with one attached hydrogen (secondary N) is 2. The molecule has 3 rings (SSSR count). The fourth-order valence-electron chi connectivity index (χ4n) is 2.24. The molecule has 0 aliphatic rings. The van der Waals surface area contributed by atoms with Crippen LogP contribution in [0.1, 0.15) is 13.8 Å². The number of para-hydroxylation sites is 1. The van der Waals surface area contributed by atoms with Crippen LogP contribution in [0.2, 0.25) is 0 Å². The number of hydrogen-bond donors (Lipinski definition) is 2. The number of benzene rings is 2. The molecule has 3 aromatic rings. The van der Waals surface area contributed by atoms with Crippen molar-refractivity contribution >= 4 is 27.8 Å². The van der Waals surface area contributed by atoms with E-state index in [-0.39, 0.29) is 5.82 Å². The lowest BCUT2D eigenvalue weighted by molar-refractivity contribution is 0.632. The Hall–Kier alpha value is -2.66. The van der Waals surface area contributed by atoms with Gasteiger partial charge < -0.3 is 10.6 Å². The molecule has 1 aromatic heterocycles. The maximum absolute atomic E-state index is 13.7. The van der Waals surface area contributed by atoms with Crippen LogP contribution in [-0.2, 0) is 0 Å². The highest BCUT2D eigenvalue weighted by Crippen LogP contribution is 2.28. The molecule has 0 unspecified atom stereocenters. The molecule has 5 heteroatoms. The van der Waals surface area contributed by atoms with Gasteiger partial charge in [-0.3, -0.25) is 0 Å². The summed E-state index contributed by atoms with van der Waals surface area (Å²) in [5.41, 5.74) is 4.71. The van der Waals surface area contributed by atoms with Gasteiger partial charge in [0.05, 0.1) is 11.4 Å². The Balaban J connectivity index is 1.69. The summed E-state index contributed by atoms with van der Waals surface area (Å²) in [5.74, 6) is -0.286. The molecule has 0 bridgehead atoms. The second kappa shape index (κ2) is 7.94. The molecule has 2 aromatic carbocycles. The maximum atomic E-state index is 13.7. The van der Waals surface area contributed by atoms with Crippen molar-refractivity contribution in [2.45, 2.75) is 13.8 Å². The molecule has 0 fully saturated rings. The largest absolute Gasteiger partial charge is 0.381 e. The lowest BCUT2D eigenvalue weighted by Crippen LogP contribution is -2.02. The summed E-state index contributed by atoms with van der Waals surface area (Å²) in [6.07, 6.45) is 2.10. The van der Waals surface area contributed by atoms with Gasteiger partial charge in [-0.15, -0.1) is 11.3 Å². The molecule has 0 aliphatic heterocycles. The fourth-order valence-corrected chi connectivity index (χ4v) is 2.98. The minimum Gasteiger partial charge on any atom is -0.381 e. The zero-order valence-electron chi connectivity index (χ0n) is 14.2. The predicted molar refractivity (Wildman–Crippen MR) is 105 cm³/mol. The van der Waals surface area contributed by atoms with E-state index in [0.717, 1.165) is 23.5 Å². The standard InChI is InChI=1S/C20H20FN3S/c1-3-14(2)12-22-16-10-8-15(9-11-16)19-13-25-20(24-19)23-18-7-5-4-6-17(18)21/h3-11,13,22H,12H2,1-2H3,(H,23,24)/b14-3+. The van der Waals surface area contributed by atoms with Gasteiger partial charge in [0.15, 0.2) is 5.13 Å². The normalized spacial score (nSPS) is 11.4. The van der Waals surface area contributed by atoms with Crippen LogP contribution in [-0.4, -0.2) is 11.5 Å². The van der Waals surface area contributed by atoms with E-state index in [9.17, 15) is 4.39 Å². The molecule has 0 saturated carbocycles. The van der Waals surface area contributed by atoms with Crippen molar-refractivity contribution in [2.75, 3.05) is 17.2 Å². The van der Waals surface area contributed by atoms with E-state index >= 15 is 0 Å². The summed E-state index contributed by atoms with van der Waals surface area (Å²) in [7, 11) is 0. The third kappa shape index (κ3) is 4.45. The Morgan fingerprint density at radius 2 is 1.92 bits per heavy atom. The topological polar surface area (TPSA) is 37.0 Å². The second-order valence-electron chi connectivity index (χ2n) is 5.71. The lowest BCUT2D eigenvalue weighted by atomic mass is 10.1. The lowest BCUT2D eigenvalue weighted by Gasteiger charge is -2.07. The number of thiazole rings is 1. The van der Waals surface area contributed by atoms with Crippen molar-refractivity contribution in [2.24, 2.45) is 0 Å². The molecular weight excluding hydrogens is 333 g/mol. The smallest absolute Gasteiger partial charge is 0.187 e. The van der Waals surface area contributed by atoms with Crippen molar-refractivity contribution in [3.8, 4) is 11.3 Å². The van der Waals surface area contributed by atoms with Gasteiger partial charge in [-0.1, -0.05) is 35.9 Å².